The molecule has 29 heavy (non-hydrogen) atoms. The van der Waals surface area contributed by atoms with Gasteiger partial charge in [0.2, 0.25) is 0 Å². The number of unbranched alkanes of at least 4 members (excludes halogenated alkanes) is 7. The lowest BCUT2D eigenvalue weighted by atomic mass is 9.90. The number of hydrogen-bond donors (Lipinski definition) is 0. The first kappa shape index (κ1) is 25.0. The van der Waals surface area contributed by atoms with E-state index >= 15 is 0 Å². The molecular weight excluding hydrogens is 372 g/mol. The molecule has 0 heterocycles. The summed E-state index contributed by atoms with van der Waals surface area (Å²) in [5, 5.41) is 4.34. The zero-order chi connectivity index (χ0) is 21.8. The normalized spacial score (nSPS) is 10.7. The largest absolute Gasteiger partial charge is 0.543 e. The first-order chi connectivity index (χ1) is 13.8. The monoisotopic (exact) mass is 408 g/mol. The van der Waals surface area contributed by atoms with Crippen LogP contribution in [0.4, 0.5) is 4.79 Å². The van der Waals surface area contributed by atoms with Gasteiger partial charge in [0.05, 0.1) is 17.2 Å². The summed E-state index contributed by atoms with van der Waals surface area (Å²) < 4.78 is 4.90. The van der Waals surface area contributed by atoms with Crippen LogP contribution in [0, 0.1) is 34.6 Å². The Morgan fingerprint density at radius 3 is 1.69 bits per heavy atom. The van der Waals surface area contributed by atoms with Crippen molar-refractivity contribution >= 4 is 12.1 Å². The van der Waals surface area contributed by atoms with Crippen LogP contribution in [-0.2, 0) is 19.6 Å². The first-order valence-electron chi connectivity index (χ1n) is 10.6. The first-order valence-corrected chi connectivity index (χ1v) is 10.6. The molecule has 0 bridgehead atoms. The van der Waals surface area contributed by atoms with E-state index in [0.29, 0.717) is 5.56 Å². The highest BCUT2D eigenvalue weighted by atomic mass is 17.5. The molecule has 164 valence electrons. The van der Waals surface area contributed by atoms with Crippen LogP contribution in [-0.4, -0.2) is 18.7 Å². The summed E-state index contributed by atoms with van der Waals surface area (Å²) in [7, 11) is 0. The van der Waals surface area contributed by atoms with Gasteiger partial charge in [-0.05, 0) is 68.9 Å². The second-order valence-corrected chi connectivity index (χ2v) is 7.60. The Kier molecular flexibility index (Phi) is 11.4. The van der Waals surface area contributed by atoms with Gasteiger partial charge in [-0.15, -0.1) is 0 Å². The van der Waals surface area contributed by atoms with Crippen LogP contribution in [0.3, 0.4) is 0 Å². The van der Waals surface area contributed by atoms with Gasteiger partial charge in [0.25, 0.3) is 0 Å². The third-order valence-electron chi connectivity index (χ3n) is 5.63. The van der Waals surface area contributed by atoms with E-state index < -0.39 is 12.1 Å². The molecule has 0 spiro atoms. The molecule has 0 fully saturated rings. The molecule has 0 unspecified atom stereocenters. The highest BCUT2D eigenvalue weighted by Crippen LogP contribution is 2.26. The second kappa shape index (κ2) is 13.2. The standard InChI is InChI=1S/C23H36O6/c1-7-8-9-10-11-12-13-14-15-26-23(25)28-29-27-22(24)21-19(5)17(3)16(2)18(4)20(21)6/h7-15H2,1-6H3. The van der Waals surface area contributed by atoms with Gasteiger partial charge in [0.1, 0.15) is 0 Å². The molecule has 0 amide bonds. The molecule has 0 atom stereocenters. The van der Waals surface area contributed by atoms with Crippen LogP contribution < -0.4 is 0 Å². The fourth-order valence-corrected chi connectivity index (χ4v) is 3.34. The summed E-state index contributed by atoms with van der Waals surface area (Å²) in [4.78, 5) is 32.8. The highest BCUT2D eigenvalue weighted by Gasteiger charge is 2.21. The van der Waals surface area contributed by atoms with Crippen molar-refractivity contribution in [2.24, 2.45) is 0 Å². The maximum Gasteiger partial charge on any atom is 0.543 e. The Balaban J connectivity index is 2.27. The maximum absolute atomic E-state index is 12.3. The maximum atomic E-state index is 12.3. The molecule has 0 N–H and O–H groups in total. The summed E-state index contributed by atoms with van der Waals surface area (Å²) in [6.07, 6.45) is 8.17. The molecule has 0 aromatic heterocycles. The topological polar surface area (TPSA) is 71.1 Å². The molecule has 6 heteroatoms. The molecule has 0 aliphatic heterocycles. The number of hydrogen-bond acceptors (Lipinski definition) is 6. The number of ether oxygens (including phenoxy) is 1. The van der Waals surface area contributed by atoms with Crippen molar-refractivity contribution in [3.8, 4) is 0 Å². The minimum Gasteiger partial charge on any atom is -0.432 e. The molecular formula is C23H36O6. The van der Waals surface area contributed by atoms with Gasteiger partial charge in [0.15, 0.2) is 0 Å². The second-order valence-electron chi connectivity index (χ2n) is 7.60. The molecule has 0 saturated carbocycles. The fraction of sp³-hybridized carbons (Fsp3) is 0.652. The van der Waals surface area contributed by atoms with Gasteiger partial charge in [-0.3, -0.25) is 4.89 Å². The van der Waals surface area contributed by atoms with Gasteiger partial charge >= 0.3 is 12.1 Å². The number of carbonyl (C=O) groups excluding carboxylic acids is 2. The van der Waals surface area contributed by atoms with Crippen LogP contribution >= 0.6 is 0 Å². The summed E-state index contributed by atoms with van der Waals surface area (Å²) >= 11 is 0. The van der Waals surface area contributed by atoms with Crippen molar-refractivity contribution < 1.29 is 29.1 Å². The Morgan fingerprint density at radius 1 is 0.655 bits per heavy atom. The number of rotatable bonds is 12. The van der Waals surface area contributed by atoms with Crippen LogP contribution in [0.2, 0.25) is 0 Å². The van der Waals surface area contributed by atoms with Gasteiger partial charge in [-0.1, -0.05) is 51.9 Å². The van der Waals surface area contributed by atoms with Gasteiger partial charge in [-0.25, -0.2) is 14.5 Å². The zero-order valence-electron chi connectivity index (χ0n) is 18.8. The average molecular weight is 409 g/mol. The Morgan fingerprint density at radius 2 is 1.14 bits per heavy atom. The van der Waals surface area contributed by atoms with E-state index in [1.54, 1.807) is 0 Å². The van der Waals surface area contributed by atoms with Gasteiger partial charge < -0.3 is 4.74 Å². The Bertz CT molecular complexity index is 651. The Labute approximate surface area is 174 Å². The highest BCUT2D eigenvalue weighted by molar-refractivity contribution is 5.93. The summed E-state index contributed by atoms with van der Waals surface area (Å²) in [5.41, 5.74) is 5.23. The van der Waals surface area contributed by atoms with Crippen molar-refractivity contribution in [3.63, 3.8) is 0 Å². The van der Waals surface area contributed by atoms with Gasteiger partial charge in [-0.2, -0.15) is 0 Å². The van der Waals surface area contributed by atoms with Crippen molar-refractivity contribution in [1.29, 1.82) is 0 Å². The molecule has 0 aliphatic rings. The molecule has 1 rings (SSSR count). The summed E-state index contributed by atoms with van der Waals surface area (Å²) in [6, 6.07) is 0. The smallest absolute Gasteiger partial charge is 0.432 e. The van der Waals surface area contributed by atoms with E-state index in [2.05, 4.69) is 21.7 Å². The molecule has 0 aliphatic carbocycles. The van der Waals surface area contributed by atoms with Crippen molar-refractivity contribution in [2.75, 3.05) is 6.61 Å². The average Bonchev–Trinajstić information content (AvgIpc) is 2.69. The minimum absolute atomic E-state index is 0.250. The van der Waals surface area contributed by atoms with E-state index in [1.807, 2.05) is 34.6 Å². The quantitative estimate of drug-likeness (QED) is 0.169. The van der Waals surface area contributed by atoms with Crippen molar-refractivity contribution in [3.05, 3.63) is 33.4 Å². The summed E-state index contributed by atoms with van der Waals surface area (Å²) in [6.45, 7) is 12.1. The predicted octanol–water partition coefficient (Wildman–Crippen LogP) is 6.53. The molecule has 6 nitrogen and oxygen atoms in total. The van der Waals surface area contributed by atoms with E-state index in [9.17, 15) is 9.59 Å². The zero-order valence-corrected chi connectivity index (χ0v) is 18.8. The molecule has 0 radical (unpaired) electrons. The van der Waals surface area contributed by atoms with Crippen molar-refractivity contribution in [1.82, 2.24) is 0 Å². The Hall–Kier alpha value is -2.08. The fourth-order valence-electron chi connectivity index (χ4n) is 3.34. The third kappa shape index (κ3) is 8.05. The SMILES string of the molecule is CCCCCCCCCCOC(=O)OOOC(=O)c1c(C)c(C)c(C)c(C)c1C. The van der Waals surface area contributed by atoms with Crippen molar-refractivity contribution in [2.45, 2.75) is 92.9 Å². The molecule has 1 aromatic rings. The summed E-state index contributed by atoms with van der Waals surface area (Å²) in [5.74, 6) is -0.706. The van der Waals surface area contributed by atoms with Crippen LogP contribution in [0.25, 0.3) is 0 Å². The lowest BCUT2D eigenvalue weighted by Crippen LogP contribution is -2.15. The van der Waals surface area contributed by atoms with Gasteiger partial charge in [0, 0.05) is 0 Å². The van der Waals surface area contributed by atoms with Crippen LogP contribution in [0.5, 0.6) is 0 Å². The molecule has 0 saturated heterocycles. The van der Waals surface area contributed by atoms with E-state index in [4.69, 9.17) is 4.74 Å². The van der Waals surface area contributed by atoms with Crippen LogP contribution in [0.1, 0.15) is 96.5 Å². The molecule has 1 aromatic carbocycles. The lowest BCUT2D eigenvalue weighted by Gasteiger charge is -2.16. The van der Waals surface area contributed by atoms with E-state index in [0.717, 1.165) is 47.1 Å². The minimum atomic E-state index is -1.02. The van der Waals surface area contributed by atoms with E-state index in [-0.39, 0.29) is 6.61 Å². The van der Waals surface area contributed by atoms with Crippen LogP contribution in [0.15, 0.2) is 0 Å². The predicted molar refractivity (Wildman–Crippen MR) is 112 cm³/mol. The third-order valence-corrected chi connectivity index (χ3v) is 5.63. The number of carbonyl (C=O) groups is 2. The lowest BCUT2D eigenvalue weighted by molar-refractivity contribution is -0.452. The van der Waals surface area contributed by atoms with E-state index in [1.165, 1.54) is 32.1 Å². The number of benzene rings is 1.